The standard InChI is InChI=1S/C22H19N3O2/c1-14-5-6-15-12-16(24-20(15)11-14)7-9-25-13-19-17(21-23-8-10-27-21)3-2-4-18(19)22(25)26/h2-6,8,10-11H,7,9,12-13H2,1H3. The van der Waals surface area contributed by atoms with E-state index in [4.69, 9.17) is 9.41 Å². The molecular formula is C22H19N3O2. The van der Waals surface area contributed by atoms with Gasteiger partial charge in [-0.1, -0.05) is 18.2 Å². The zero-order chi connectivity index (χ0) is 18.4. The SMILES string of the molecule is Cc1ccc2c(c1)N=C(CCN1Cc3c(cccc3-c3ncco3)C1=O)C2. The number of aromatic nitrogens is 1. The van der Waals surface area contributed by atoms with Crippen molar-refractivity contribution >= 4 is 17.3 Å². The lowest BCUT2D eigenvalue weighted by molar-refractivity contribution is 0.0783. The molecule has 0 radical (unpaired) electrons. The third kappa shape index (κ3) is 2.76. The van der Waals surface area contributed by atoms with Gasteiger partial charge in [-0.3, -0.25) is 9.79 Å². The first-order valence-corrected chi connectivity index (χ1v) is 9.16. The van der Waals surface area contributed by atoms with Crippen LogP contribution in [0.25, 0.3) is 11.5 Å². The minimum absolute atomic E-state index is 0.0744. The molecule has 2 aliphatic rings. The fourth-order valence-electron chi connectivity index (χ4n) is 3.89. The molecule has 1 aromatic heterocycles. The summed E-state index contributed by atoms with van der Waals surface area (Å²) in [5, 5.41) is 0. The molecule has 0 N–H and O–H groups in total. The third-order valence-corrected chi connectivity index (χ3v) is 5.29. The summed E-state index contributed by atoms with van der Waals surface area (Å²) in [6, 6.07) is 12.1. The number of rotatable bonds is 4. The van der Waals surface area contributed by atoms with Crippen molar-refractivity contribution in [3.8, 4) is 11.5 Å². The van der Waals surface area contributed by atoms with Crippen LogP contribution >= 0.6 is 0 Å². The van der Waals surface area contributed by atoms with Gasteiger partial charge in [0.15, 0.2) is 0 Å². The van der Waals surface area contributed by atoms with Crippen molar-refractivity contribution in [3.63, 3.8) is 0 Å². The molecule has 2 aromatic carbocycles. The van der Waals surface area contributed by atoms with E-state index in [0.29, 0.717) is 19.0 Å². The number of fused-ring (bicyclic) bond motifs is 2. The maximum atomic E-state index is 12.8. The Morgan fingerprint density at radius 3 is 2.93 bits per heavy atom. The second kappa shape index (κ2) is 6.20. The van der Waals surface area contributed by atoms with Crippen LogP contribution in [0.4, 0.5) is 5.69 Å². The van der Waals surface area contributed by atoms with Crippen LogP contribution in [0.15, 0.2) is 58.3 Å². The first kappa shape index (κ1) is 16.0. The molecule has 5 rings (SSSR count). The number of carbonyl (C=O) groups excluding carboxylic acids is 1. The van der Waals surface area contributed by atoms with Gasteiger partial charge < -0.3 is 9.32 Å². The Bertz CT molecular complexity index is 1070. The van der Waals surface area contributed by atoms with Gasteiger partial charge in [-0.15, -0.1) is 0 Å². The zero-order valence-corrected chi connectivity index (χ0v) is 15.1. The summed E-state index contributed by atoms with van der Waals surface area (Å²) in [4.78, 5) is 23.7. The van der Waals surface area contributed by atoms with Crippen LogP contribution in [-0.2, 0) is 13.0 Å². The average molecular weight is 357 g/mol. The lowest BCUT2D eigenvalue weighted by Gasteiger charge is -2.15. The summed E-state index contributed by atoms with van der Waals surface area (Å²) < 4.78 is 5.44. The molecule has 3 aromatic rings. The first-order valence-electron chi connectivity index (χ1n) is 9.16. The zero-order valence-electron chi connectivity index (χ0n) is 15.1. The summed E-state index contributed by atoms with van der Waals surface area (Å²) in [5.41, 5.74) is 7.37. The molecule has 3 heterocycles. The van der Waals surface area contributed by atoms with E-state index in [9.17, 15) is 4.79 Å². The molecule has 27 heavy (non-hydrogen) atoms. The van der Waals surface area contributed by atoms with Gasteiger partial charge in [-0.2, -0.15) is 0 Å². The molecule has 0 bridgehead atoms. The van der Waals surface area contributed by atoms with Crippen LogP contribution in [-0.4, -0.2) is 28.0 Å². The van der Waals surface area contributed by atoms with Crippen LogP contribution in [0.5, 0.6) is 0 Å². The molecule has 2 aliphatic heterocycles. The smallest absolute Gasteiger partial charge is 0.254 e. The molecule has 0 atom stereocenters. The number of aliphatic imine (C=N–C) groups is 1. The number of hydrogen-bond donors (Lipinski definition) is 0. The summed E-state index contributed by atoms with van der Waals surface area (Å²) >= 11 is 0. The summed E-state index contributed by atoms with van der Waals surface area (Å²) in [6.07, 6.45) is 4.86. The molecule has 5 nitrogen and oxygen atoms in total. The van der Waals surface area contributed by atoms with Gasteiger partial charge in [0.05, 0.1) is 11.9 Å². The van der Waals surface area contributed by atoms with E-state index in [1.165, 1.54) is 11.1 Å². The molecule has 0 saturated carbocycles. The van der Waals surface area contributed by atoms with E-state index in [1.807, 2.05) is 23.1 Å². The van der Waals surface area contributed by atoms with Crippen molar-refractivity contribution in [3.05, 3.63) is 71.1 Å². The van der Waals surface area contributed by atoms with Crippen LogP contribution in [0.2, 0.25) is 0 Å². The summed E-state index contributed by atoms with van der Waals surface area (Å²) in [5.74, 6) is 0.637. The highest BCUT2D eigenvalue weighted by Crippen LogP contribution is 2.33. The molecule has 0 saturated heterocycles. The van der Waals surface area contributed by atoms with Crippen molar-refractivity contribution in [1.29, 1.82) is 0 Å². The Morgan fingerprint density at radius 1 is 1.19 bits per heavy atom. The maximum absolute atomic E-state index is 12.8. The first-order chi connectivity index (χ1) is 13.2. The Hall–Kier alpha value is -3.21. The van der Waals surface area contributed by atoms with Gasteiger partial charge in [-0.25, -0.2) is 4.98 Å². The molecule has 1 amide bonds. The van der Waals surface area contributed by atoms with E-state index in [1.54, 1.807) is 12.5 Å². The predicted octanol–water partition coefficient (Wildman–Crippen LogP) is 4.32. The highest BCUT2D eigenvalue weighted by molar-refractivity contribution is 6.01. The van der Waals surface area contributed by atoms with Gasteiger partial charge in [0.25, 0.3) is 5.91 Å². The maximum Gasteiger partial charge on any atom is 0.254 e. The van der Waals surface area contributed by atoms with Crippen LogP contribution in [0.3, 0.4) is 0 Å². The van der Waals surface area contributed by atoms with E-state index >= 15 is 0 Å². The topological polar surface area (TPSA) is 58.7 Å². The fraction of sp³-hybridized carbons (Fsp3) is 0.227. The Balaban J connectivity index is 1.33. The van der Waals surface area contributed by atoms with Crippen molar-refractivity contribution < 1.29 is 9.21 Å². The van der Waals surface area contributed by atoms with E-state index in [2.05, 4.69) is 30.1 Å². The second-order valence-electron chi connectivity index (χ2n) is 7.13. The lowest BCUT2D eigenvalue weighted by atomic mass is 10.0. The molecule has 0 fully saturated rings. The normalized spacial score (nSPS) is 15.1. The highest BCUT2D eigenvalue weighted by Gasteiger charge is 2.30. The van der Waals surface area contributed by atoms with Crippen LogP contribution in [0.1, 0.15) is 33.5 Å². The van der Waals surface area contributed by atoms with Crippen molar-refractivity contribution in [2.45, 2.75) is 26.3 Å². The number of oxazole rings is 1. The van der Waals surface area contributed by atoms with Gasteiger partial charge in [-0.05, 0) is 41.8 Å². The Morgan fingerprint density at radius 2 is 2.07 bits per heavy atom. The van der Waals surface area contributed by atoms with Crippen LogP contribution in [0, 0.1) is 6.92 Å². The minimum atomic E-state index is 0.0744. The number of carbonyl (C=O) groups is 1. The molecule has 0 spiro atoms. The fourth-order valence-corrected chi connectivity index (χ4v) is 3.89. The predicted molar refractivity (Wildman–Crippen MR) is 103 cm³/mol. The number of aryl methyl sites for hydroxylation is 1. The Labute approximate surface area is 157 Å². The van der Waals surface area contributed by atoms with Gasteiger partial charge in [0, 0.05) is 42.8 Å². The Kier molecular flexibility index (Phi) is 3.67. The summed E-state index contributed by atoms with van der Waals surface area (Å²) in [6.45, 7) is 3.34. The number of benzene rings is 2. The van der Waals surface area contributed by atoms with Crippen LogP contribution < -0.4 is 0 Å². The second-order valence-corrected chi connectivity index (χ2v) is 7.13. The van der Waals surface area contributed by atoms with Gasteiger partial charge in [0.1, 0.15) is 6.26 Å². The van der Waals surface area contributed by atoms with Gasteiger partial charge >= 0.3 is 0 Å². The monoisotopic (exact) mass is 357 g/mol. The largest absolute Gasteiger partial charge is 0.445 e. The van der Waals surface area contributed by atoms with E-state index in [0.717, 1.165) is 40.9 Å². The molecule has 134 valence electrons. The van der Waals surface area contributed by atoms with Crippen molar-refractivity contribution in [2.24, 2.45) is 4.99 Å². The van der Waals surface area contributed by atoms with Crippen molar-refractivity contribution in [2.75, 3.05) is 6.54 Å². The van der Waals surface area contributed by atoms with Gasteiger partial charge in [0.2, 0.25) is 5.89 Å². The van der Waals surface area contributed by atoms with E-state index < -0.39 is 0 Å². The molecule has 0 aliphatic carbocycles. The van der Waals surface area contributed by atoms with E-state index in [-0.39, 0.29) is 5.91 Å². The molecule has 5 heteroatoms. The number of hydrogen-bond acceptors (Lipinski definition) is 4. The average Bonchev–Trinajstić information content (AvgIpc) is 3.39. The summed E-state index contributed by atoms with van der Waals surface area (Å²) in [7, 11) is 0. The lowest BCUT2D eigenvalue weighted by Crippen LogP contribution is -2.26. The minimum Gasteiger partial charge on any atom is -0.445 e. The number of nitrogens with zero attached hydrogens (tertiary/aromatic N) is 3. The quantitative estimate of drug-likeness (QED) is 0.698. The number of amides is 1. The third-order valence-electron chi connectivity index (χ3n) is 5.29. The molecule has 0 unspecified atom stereocenters. The van der Waals surface area contributed by atoms with Crippen molar-refractivity contribution in [1.82, 2.24) is 9.88 Å². The molecular weight excluding hydrogens is 338 g/mol. The highest BCUT2D eigenvalue weighted by atomic mass is 16.3.